The maximum absolute atomic E-state index is 12.2. The predicted molar refractivity (Wildman–Crippen MR) is 117 cm³/mol. The van der Waals surface area contributed by atoms with Crippen molar-refractivity contribution in [3.8, 4) is 11.5 Å². The molecule has 0 radical (unpaired) electrons. The Morgan fingerprint density at radius 3 is 2.34 bits per heavy atom. The summed E-state index contributed by atoms with van der Waals surface area (Å²) >= 11 is 3.39. The number of nitrogens with zero attached hydrogens (tertiary/aromatic N) is 1. The first-order valence-corrected chi connectivity index (χ1v) is 9.73. The highest BCUT2D eigenvalue weighted by Crippen LogP contribution is 2.26. The molecule has 0 atom stereocenters. The molecule has 0 aliphatic rings. The van der Waals surface area contributed by atoms with Crippen molar-refractivity contribution in [2.45, 2.75) is 27.2 Å². The van der Waals surface area contributed by atoms with Gasteiger partial charge >= 0.3 is 0 Å². The minimum atomic E-state index is -0.419. The molecule has 0 unspecified atom stereocenters. The largest absolute Gasteiger partial charge is 0.495 e. The molecule has 0 aliphatic carbocycles. The van der Waals surface area contributed by atoms with Gasteiger partial charge in [0.25, 0.3) is 5.91 Å². The van der Waals surface area contributed by atoms with E-state index in [0.717, 1.165) is 15.6 Å². The Labute approximate surface area is 178 Å². The molecule has 0 saturated heterocycles. The van der Waals surface area contributed by atoms with Crippen molar-refractivity contribution in [1.29, 1.82) is 0 Å². The van der Waals surface area contributed by atoms with Crippen LogP contribution in [0, 0.1) is 13.8 Å². The molecule has 29 heavy (non-hydrogen) atoms. The SMILES string of the molecule is COc1ccc(C)cc1NC(=O)CC(C)=NNC(=O)COc1ccc(C)cc1Br. The molecule has 0 heterocycles. The minimum Gasteiger partial charge on any atom is -0.495 e. The van der Waals surface area contributed by atoms with E-state index in [1.54, 1.807) is 26.2 Å². The summed E-state index contributed by atoms with van der Waals surface area (Å²) in [6, 6.07) is 11.1. The van der Waals surface area contributed by atoms with Crippen LogP contribution in [-0.4, -0.2) is 31.2 Å². The van der Waals surface area contributed by atoms with Crippen LogP contribution < -0.4 is 20.2 Å². The second kappa shape index (κ2) is 10.6. The first-order chi connectivity index (χ1) is 13.8. The van der Waals surface area contributed by atoms with Crippen LogP contribution in [0.1, 0.15) is 24.5 Å². The van der Waals surface area contributed by atoms with E-state index in [0.29, 0.717) is 22.9 Å². The molecule has 0 aromatic heterocycles. The number of hydrogen-bond acceptors (Lipinski definition) is 5. The molecule has 7 nitrogen and oxygen atoms in total. The summed E-state index contributed by atoms with van der Waals surface area (Å²) in [5.41, 5.74) is 5.51. The number of ether oxygens (including phenoxy) is 2. The number of hydrazone groups is 1. The van der Waals surface area contributed by atoms with Gasteiger partial charge in [0.05, 0.1) is 23.7 Å². The molecule has 0 fully saturated rings. The first kappa shape index (κ1) is 22.4. The second-order valence-electron chi connectivity index (χ2n) is 6.53. The number of hydrogen-bond donors (Lipinski definition) is 2. The van der Waals surface area contributed by atoms with Crippen LogP contribution in [0.3, 0.4) is 0 Å². The zero-order valence-electron chi connectivity index (χ0n) is 16.8. The fourth-order valence-corrected chi connectivity index (χ4v) is 3.05. The van der Waals surface area contributed by atoms with Crippen molar-refractivity contribution >= 4 is 39.1 Å². The molecule has 2 aromatic carbocycles. The predicted octanol–water partition coefficient (Wildman–Crippen LogP) is 3.97. The van der Waals surface area contributed by atoms with Gasteiger partial charge in [0.1, 0.15) is 11.5 Å². The van der Waals surface area contributed by atoms with Gasteiger partial charge < -0.3 is 14.8 Å². The third-order valence-electron chi connectivity index (χ3n) is 3.86. The molecule has 0 spiro atoms. The normalized spacial score (nSPS) is 11.0. The highest BCUT2D eigenvalue weighted by atomic mass is 79.9. The molecule has 2 aromatic rings. The van der Waals surface area contributed by atoms with Crippen molar-refractivity contribution in [2.75, 3.05) is 19.0 Å². The second-order valence-corrected chi connectivity index (χ2v) is 7.39. The number of carbonyl (C=O) groups is 2. The summed E-state index contributed by atoms with van der Waals surface area (Å²) in [6.45, 7) is 5.36. The number of methoxy groups -OCH3 is 1. The molecule has 2 amide bonds. The monoisotopic (exact) mass is 461 g/mol. The number of anilines is 1. The van der Waals surface area contributed by atoms with Crippen LogP contribution in [-0.2, 0) is 9.59 Å². The minimum absolute atomic E-state index is 0.0295. The van der Waals surface area contributed by atoms with Gasteiger partial charge in [-0.05, 0) is 72.1 Å². The van der Waals surface area contributed by atoms with E-state index in [1.807, 2.05) is 38.1 Å². The van der Waals surface area contributed by atoms with Crippen LogP contribution in [0.15, 0.2) is 46.0 Å². The lowest BCUT2D eigenvalue weighted by Gasteiger charge is -2.11. The number of halogens is 1. The van der Waals surface area contributed by atoms with Gasteiger partial charge in [-0.1, -0.05) is 12.1 Å². The summed E-state index contributed by atoms with van der Waals surface area (Å²) in [5, 5.41) is 6.74. The van der Waals surface area contributed by atoms with Crippen molar-refractivity contribution in [1.82, 2.24) is 5.43 Å². The van der Waals surface area contributed by atoms with E-state index in [2.05, 4.69) is 31.8 Å². The fraction of sp³-hybridized carbons (Fsp3) is 0.286. The lowest BCUT2D eigenvalue weighted by molar-refractivity contribution is -0.123. The molecule has 2 N–H and O–H groups in total. The Bertz CT molecular complexity index is 928. The van der Waals surface area contributed by atoms with Crippen LogP contribution in [0.2, 0.25) is 0 Å². The number of nitrogens with one attached hydrogen (secondary N) is 2. The number of carbonyl (C=O) groups excluding carboxylic acids is 2. The van der Waals surface area contributed by atoms with Gasteiger partial charge in [-0.25, -0.2) is 5.43 Å². The van der Waals surface area contributed by atoms with E-state index in [-0.39, 0.29) is 18.9 Å². The molecule has 154 valence electrons. The van der Waals surface area contributed by atoms with Gasteiger partial charge in [0.2, 0.25) is 5.91 Å². The summed E-state index contributed by atoms with van der Waals surface area (Å²) in [4.78, 5) is 24.2. The lowest BCUT2D eigenvalue weighted by atomic mass is 10.2. The Kier molecular flexibility index (Phi) is 8.21. The van der Waals surface area contributed by atoms with Gasteiger partial charge in [0.15, 0.2) is 6.61 Å². The van der Waals surface area contributed by atoms with Crippen molar-refractivity contribution < 1.29 is 19.1 Å². The van der Waals surface area contributed by atoms with Crippen LogP contribution in [0.25, 0.3) is 0 Å². The molecular weight excluding hydrogens is 438 g/mol. The zero-order chi connectivity index (χ0) is 21.4. The number of amides is 2. The van der Waals surface area contributed by atoms with Crippen molar-refractivity contribution in [3.05, 3.63) is 52.0 Å². The van der Waals surface area contributed by atoms with Crippen molar-refractivity contribution in [2.24, 2.45) is 5.10 Å². The summed E-state index contributed by atoms with van der Waals surface area (Å²) in [5.74, 6) is 0.464. The van der Waals surface area contributed by atoms with E-state index in [9.17, 15) is 9.59 Å². The topological polar surface area (TPSA) is 89.0 Å². The van der Waals surface area contributed by atoms with E-state index in [4.69, 9.17) is 9.47 Å². The van der Waals surface area contributed by atoms with Gasteiger partial charge in [-0.15, -0.1) is 0 Å². The van der Waals surface area contributed by atoms with E-state index < -0.39 is 5.91 Å². The average Bonchev–Trinajstić information content (AvgIpc) is 2.65. The highest BCUT2D eigenvalue weighted by molar-refractivity contribution is 9.10. The number of rotatable bonds is 8. The molecule has 2 rings (SSSR count). The Morgan fingerprint density at radius 1 is 1.03 bits per heavy atom. The lowest BCUT2D eigenvalue weighted by Crippen LogP contribution is -2.26. The molecule has 0 bridgehead atoms. The fourth-order valence-electron chi connectivity index (χ4n) is 2.44. The molecule has 0 aliphatic heterocycles. The Hall–Kier alpha value is -2.87. The maximum atomic E-state index is 12.2. The van der Waals surface area contributed by atoms with Gasteiger partial charge in [0, 0.05) is 5.71 Å². The highest BCUT2D eigenvalue weighted by Gasteiger charge is 2.10. The third kappa shape index (κ3) is 7.23. The number of benzene rings is 2. The van der Waals surface area contributed by atoms with Gasteiger partial charge in [-0.2, -0.15) is 5.10 Å². The third-order valence-corrected chi connectivity index (χ3v) is 4.48. The Balaban J connectivity index is 1.83. The smallest absolute Gasteiger partial charge is 0.277 e. The van der Waals surface area contributed by atoms with Crippen LogP contribution in [0.5, 0.6) is 11.5 Å². The standard InChI is InChI=1S/C21H24BrN3O4/c1-13-5-7-18(16(22)9-13)29-12-21(27)25-24-15(3)11-20(26)23-17-10-14(2)6-8-19(17)28-4/h5-10H,11-12H2,1-4H3,(H,23,26)(H,25,27). The van der Waals surface area contributed by atoms with E-state index >= 15 is 0 Å². The Morgan fingerprint density at radius 2 is 1.69 bits per heavy atom. The summed E-state index contributed by atoms with van der Waals surface area (Å²) < 4.78 is 11.5. The van der Waals surface area contributed by atoms with Crippen molar-refractivity contribution in [3.63, 3.8) is 0 Å². The molecule has 8 heteroatoms. The van der Waals surface area contributed by atoms with Crippen LogP contribution in [0.4, 0.5) is 5.69 Å². The maximum Gasteiger partial charge on any atom is 0.277 e. The first-order valence-electron chi connectivity index (χ1n) is 8.94. The quantitative estimate of drug-likeness (QED) is 0.459. The molecule has 0 saturated carbocycles. The average molecular weight is 462 g/mol. The van der Waals surface area contributed by atoms with Gasteiger partial charge in [-0.3, -0.25) is 9.59 Å². The molecular formula is C21H24BrN3O4. The summed E-state index contributed by atoms with van der Waals surface area (Å²) in [7, 11) is 1.54. The number of aryl methyl sites for hydroxylation is 2. The van der Waals surface area contributed by atoms with Crippen LogP contribution >= 0.6 is 15.9 Å². The van der Waals surface area contributed by atoms with E-state index in [1.165, 1.54) is 0 Å². The summed E-state index contributed by atoms with van der Waals surface area (Å²) in [6.07, 6.45) is 0.0295. The zero-order valence-corrected chi connectivity index (χ0v) is 18.4.